The molecule has 0 radical (unpaired) electrons. The molecule has 9 nitrogen and oxygen atoms in total. The van der Waals surface area contributed by atoms with Crippen molar-refractivity contribution in [1.29, 1.82) is 5.26 Å². The van der Waals surface area contributed by atoms with E-state index < -0.39 is 11.9 Å². The number of oxazole rings is 1. The van der Waals surface area contributed by atoms with Crippen molar-refractivity contribution in [3.05, 3.63) is 65.5 Å². The van der Waals surface area contributed by atoms with Crippen molar-refractivity contribution in [2.45, 2.75) is 19.0 Å². The number of aromatic hydroxyl groups is 1. The molecule has 5 rings (SSSR count). The largest absolute Gasteiger partial charge is 0.504 e. The van der Waals surface area contributed by atoms with Crippen LogP contribution in [0.5, 0.6) is 5.75 Å². The Hall–Kier alpha value is -4.66. The molecule has 1 aliphatic heterocycles. The van der Waals surface area contributed by atoms with Gasteiger partial charge in [0.2, 0.25) is 11.8 Å². The lowest BCUT2D eigenvalue weighted by molar-refractivity contribution is -0.141. The molecule has 2 aromatic carbocycles. The second-order valence-corrected chi connectivity index (χ2v) is 8.93. The first-order valence-electron chi connectivity index (χ1n) is 11.8. The van der Waals surface area contributed by atoms with Crippen LogP contribution in [-0.2, 0) is 6.18 Å². The molecule has 194 valence electrons. The van der Waals surface area contributed by atoms with Crippen LogP contribution in [0.4, 0.5) is 19.1 Å². The highest BCUT2D eigenvalue weighted by atomic mass is 19.4. The Morgan fingerprint density at radius 1 is 1.16 bits per heavy atom. The van der Waals surface area contributed by atoms with Gasteiger partial charge in [-0.1, -0.05) is 0 Å². The number of piperidine rings is 1. The molecule has 1 aliphatic rings. The van der Waals surface area contributed by atoms with Crippen molar-refractivity contribution in [1.82, 2.24) is 20.3 Å². The maximum atomic E-state index is 12.9. The number of anilines is 1. The Balaban J connectivity index is 1.16. The van der Waals surface area contributed by atoms with E-state index in [2.05, 4.69) is 20.3 Å². The average molecular weight is 522 g/mol. The van der Waals surface area contributed by atoms with Crippen molar-refractivity contribution in [3.63, 3.8) is 0 Å². The van der Waals surface area contributed by atoms with Crippen LogP contribution in [0.3, 0.4) is 0 Å². The molecular weight excluding hydrogens is 501 g/mol. The van der Waals surface area contributed by atoms with Crippen LogP contribution in [0.1, 0.15) is 34.5 Å². The molecule has 1 saturated heterocycles. The Labute approximate surface area is 214 Å². The number of fused-ring (bicyclic) bond motifs is 1. The molecule has 0 spiro atoms. The lowest BCUT2D eigenvalue weighted by Crippen LogP contribution is -2.39. The van der Waals surface area contributed by atoms with Gasteiger partial charge in [0.25, 0.3) is 5.91 Å². The van der Waals surface area contributed by atoms with E-state index >= 15 is 0 Å². The fourth-order valence-corrected chi connectivity index (χ4v) is 4.30. The van der Waals surface area contributed by atoms with Gasteiger partial charge in [-0.3, -0.25) is 4.79 Å². The van der Waals surface area contributed by atoms with Crippen LogP contribution in [0.2, 0.25) is 0 Å². The number of phenols is 1. The van der Waals surface area contributed by atoms with Crippen molar-refractivity contribution in [3.8, 4) is 23.3 Å². The summed E-state index contributed by atoms with van der Waals surface area (Å²) in [5.74, 6) is 0.0398. The summed E-state index contributed by atoms with van der Waals surface area (Å²) < 4.78 is 44.4. The monoisotopic (exact) mass is 522 g/mol. The first-order chi connectivity index (χ1) is 18.2. The Bertz CT molecular complexity index is 1520. The van der Waals surface area contributed by atoms with E-state index in [4.69, 9.17) is 9.68 Å². The van der Waals surface area contributed by atoms with E-state index in [9.17, 15) is 23.1 Å². The van der Waals surface area contributed by atoms with E-state index in [1.165, 1.54) is 12.1 Å². The second-order valence-electron chi connectivity index (χ2n) is 8.93. The number of phenolic OH excluding ortho intramolecular Hbond substituents is 1. The van der Waals surface area contributed by atoms with Gasteiger partial charge >= 0.3 is 6.18 Å². The van der Waals surface area contributed by atoms with Gasteiger partial charge in [-0.15, -0.1) is 0 Å². The van der Waals surface area contributed by atoms with E-state index in [-0.39, 0.29) is 40.6 Å². The maximum Gasteiger partial charge on any atom is 0.433 e. The minimum atomic E-state index is -4.52. The number of rotatable bonds is 5. The van der Waals surface area contributed by atoms with Gasteiger partial charge < -0.3 is 19.7 Å². The second kappa shape index (κ2) is 10.0. The third-order valence-electron chi connectivity index (χ3n) is 6.38. The number of carbonyl (C=O) groups is 1. The number of aromatic nitrogens is 3. The molecule has 38 heavy (non-hydrogen) atoms. The molecule has 2 aromatic heterocycles. The standard InChI is InChI=1S/C26H21F3N6O3/c27-26(28,29)21-5-8-31-25(34-21)35-9-6-15(7-10-35)14-32-23(37)17-1-3-18(4-2-17)24-33-19-11-16(13-30)12-20(36)22(19)38-24/h1-5,8,11-12,15,36H,6-7,9-10,14H2,(H,32,37). The Morgan fingerprint density at radius 3 is 2.58 bits per heavy atom. The summed E-state index contributed by atoms with van der Waals surface area (Å²) in [5.41, 5.74) is 0.853. The highest BCUT2D eigenvalue weighted by Crippen LogP contribution is 2.32. The topological polar surface area (TPSA) is 128 Å². The number of halogens is 3. The summed E-state index contributed by atoms with van der Waals surface area (Å²) in [6, 6.07) is 12.2. The first-order valence-corrected chi connectivity index (χ1v) is 11.8. The van der Waals surface area contributed by atoms with Crippen molar-refractivity contribution in [2.75, 3.05) is 24.5 Å². The number of benzene rings is 2. The number of nitriles is 1. The van der Waals surface area contributed by atoms with Crippen LogP contribution in [0.25, 0.3) is 22.6 Å². The van der Waals surface area contributed by atoms with Crippen molar-refractivity contribution in [2.24, 2.45) is 5.92 Å². The highest BCUT2D eigenvalue weighted by molar-refractivity contribution is 5.94. The zero-order valence-electron chi connectivity index (χ0n) is 19.9. The summed E-state index contributed by atoms with van der Waals surface area (Å²) in [4.78, 5) is 26.3. The zero-order chi connectivity index (χ0) is 26.9. The fourth-order valence-electron chi connectivity index (χ4n) is 4.30. The molecule has 0 aliphatic carbocycles. The molecule has 0 unspecified atom stereocenters. The van der Waals surface area contributed by atoms with Gasteiger partial charge in [-0.2, -0.15) is 18.4 Å². The third kappa shape index (κ3) is 5.22. The van der Waals surface area contributed by atoms with Gasteiger partial charge in [0.05, 0.1) is 11.6 Å². The number of hydrogen-bond donors (Lipinski definition) is 2. The number of alkyl halides is 3. The van der Waals surface area contributed by atoms with E-state index in [0.717, 1.165) is 12.3 Å². The highest BCUT2D eigenvalue weighted by Gasteiger charge is 2.33. The molecule has 0 saturated carbocycles. The van der Waals surface area contributed by atoms with Gasteiger partial charge in [0, 0.05) is 43.0 Å². The van der Waals surface area contributed by atoms with Gasteiger partial charge in [-0.05, 0) is 55.2 Å². The lowest BCUT2D eigenvalue weighted by atomic mass is 9.97. The van der Waals surface area contributed by atoms with Crippen molar-refractivity contribution >= 4 is 23.0 Å². The smallest absolute Gasteiger partial charge is 0.433 e. The van der Waals surface area contributed by atoms with Gasteiger partial charge in [-0.25, -0.2) is 15.0 Å². The molecule has 4 aromatic rings. The van der Waals surface area contributed by atoms with Crippen LogP contribution in [-0.4, -0.2) is 45.6 Å². The quantitative estimate of drug-likeness (QED) is 0.391. The Morgan fingerprint density at radius 2 is 1.89 bits per heavy atom. The van der Waals surface area contributed by atoms with E-state index in [1.807, 2.05) is 6.07 Å². The molecule has 0 atom stereocenters. The molecule has 1 amide bonds. The van der Waals surface area contributed by atoms with Crippen LogP contribution in [0, 0.1) is 17.2 Å². The predicted octanol–water partition coefficient (Wildman–Crippen LogP) is 4.53. The third-order valence-corrected chi connectivity index (χ3v) is 6.38. The van der Waals surface area contributed by atoms with Crippen molar-refractivity contribution < 1.29 is 27.5 Å². The summed E-state index contributed by atoms with van der Waals surface area (Å²) in [7, 11) is 0. The predicted molar refractivity (Wildman–Crippen MR) is 130 cm³/mol. The fraction of sp³-hybridized carbons (Fsp3) is 0.269. The summed E-state index contributed by atoms with van der Waals surface area (Å²) >= 11 is 0. The molecule has 12 heteroatoms. The summed E-state index contributed by atoms with van der Waals surface area (Å²) in [6.07, 6.45) is -2.05. The average Bonchev–Trinajstić information content (AvgIpc) is 3.36. The molecule has 3 heterocycles. The minimum absolute atomic E-state index is 0.0575. The number of nitrogens with zero attached hydrogens (tertiary/aromatic N) is 5. The SMILES string of the molecule is N#Cc1cc(O)c2oc(-c3ccc(C(=O)NCC4CCN(c5nccc(C(F)(F)F)n5)CC4)cc3)nc2c1. The van der Waals surface area contributed by atoms with Crippen LogP contribution >= 0.6 is 0 Å². The molecule has 2 N–H and O–H groups in total. The minimum Gasteiger partial charge on any atom is -0.504 e. The van der Waals surface area contributed by atoms with Gasteiger partial charge in [0.1, 0.15) is 11.2 Å². The number of hydrogen-bond acceptors (Lipinski definition) is 8. The maximum absolute atomic E-state index is 12.9. The van der Waals surface area contributed by atoms with Gasteiger partial charge in [0.15, 0.2) is 11.3 Å². The number of nitrogens with one attached hydrogen (secondary N) is 1. The molecular formula is C26H21F3N6O3. The summed E-state index contributed by atoms with van der Waals surface area (Å²) in [6.45, 7) is 1.42. The molecule has 1 fully saturated rings. The van der Waals surface area contributed by atoms with Crippen LogP contribution < -0.4 is 10.2 Å². The zero-order valence-corrected chi connectivity index (χ0v) is 19.9. The Kier molecular flexibility index (Phi) is 6.59. The number of amides is 1. The first kappa shape index (κ1) is 25.0. The summed E-state index contributed by atoms with van der Waals surface area (Å²) in [5, 5.41) is 22.0. The normalized spacial score (nSPS) is 14.4. The number of carbonyl (C=O) groups excluding carboxylic acids is 1. The van der Waals surface area contributed by atoms with E-state index in [0.29, 0.717) is 49.1 Å². The molecule has 0 bridgehead atoms. The van der Waals surface area contributed by atoms with Crippen LogP contribution in [0.15, 0.2) is 53.1 Å². The van der Waals surface area contributed by atoms with E-state index in [1.54, 1.807) is 29.2 Å². The lowest BCUT2D eigenvalue weighted by Gasteiger charge is -2.32.